The zero-order chi connectivity index (χ0) is 15.6. The molecule has 3 aromatic rings. The first kappa shape index (κ1) is 14.7. The van der Waals surface area contributed by atoms with E-state index in [-0.39, 0.29) is 0 Å². The van der Waals surface area contributed by atoms with E-state index >= 15 is 0 Å². The lowest BCUT2D eigenvalue weighted by Crippen LogP contribution is -2.32. The molecule has 0 amide bonds. The highest BCUT2D eigenvalue weighted by Gasteiger charge is 2.20. The number of rotatable bonds is 3. The lowest BCUT2D eigenvalue weighted by molar-refractivity contribution is 0.560. The topological polar surface area (TPSA) is 34.0 Å². The van der Waals surface area contributed by atoms with Gasteiger partial charge in [0.15, 0.2) is 5.65 Å². The molecular weight excluding hydrogens is 352 g/mol. The molecule has 0 aliphatic carbocycles. The molecule has 1 fully saturated rings. The van der Waals surface area contributed by atoms with Gasteiger partial charge in [-0.3, -0.25) is 0 Å². The second kappa shape index (κ2) is 6.32. The van der Waals surface area contributed by atoms with Gasteiger partial charge in [-0.1, -0.05) is 30.3 Å². The molecule has 5 heteroatoms. The number of fused-ring (bicyclic) bond motifs is 1. The van der Waals surface area contributed by atoms with Crippen LogP contribution in [-0.2, 0) is 6.54 Å². The molecule has 0 unspecified atom stereocenters. The van der Waals surface area contributed by atoms with Gasteiger partial charge in [-0.25, -0.2) is 4.98 Å². The lowest BCUT2D eigenvalue weighted by atomic mass is 10.1. The highest BCUT2D eigenvalue weighted by Crippen LogP contribution is 2.27. The molecule has 0 atom stereocenters. The van der Waals surface area contributed by atoms with Gasteiger partial charge in [0.2, 0.25) is 5.95 Å². The van der Waals surface area contributed by atoms with Gasteiger partial charge in [-0.2, -0.15) is 4.98 Å². The van der Waals surface area contributed by atoms with Crippen LogP contribution in [0.4, 0.5) is 5.95 Å². The van der Waals surface area contributed by atoms with E-state index < -0.39 is 0 Å². The number of halogens is 1. The Morgan fingerprint density at radius 2 is 1.83 bits per heavy atom. The first-order valence-corrected chi connectivity index (χ1v) is 8.91. The summed E-state index contributed by atoms with van der Waals surface area (Å²) < 4.78 is 3.29. The normalized spacial score (nSPS) is 15.3. The van der Waals surface area contributed by atoms with Crippen molar-refractivity contribution in [2.45, 2.75) is 25.8 Å². The zero-order valence-corrected chi connectivity index (χ0v) is 14.5. The third-order valence-electron chi connectivity index (χ3n) is 4.37. The molecule has 0 spiro atoms. The number of anilines is 1. The molecule has 4 nitrogen and oxygen atoms in total. The Morgan fingerprint density at radius 3 is 2.61 bits per heavy atom. The molecule has 4 rings (SSSR count). The molecule has 1 saturated heterocycles. The van der Waals surface area contributed by atoms with E-state index in [1.54, 1.807) is 0 Å². The maximum atomic E-state index is 4.83. The number of pyridine rings is 1. The SMILES string of the molecule is Brc1cnc2nc(N3CCCCC3)n(Cc3ccccc3)c2c1. The van der Waals surface area contributed by atoms with Crippen LogP contribution in [0.15, 0.2) is 47.1 Å². The van der Waals surface area contributed by atoms with Crippen molar-refractivity contribution in [3.63, 3.8) is 0 Å². The van der Waals surface area contributed by atoms with Crippen molar-refractivity contribution in [1.82, 2.24) is 14.5 Å². The van der Waals surface area contributed by atoms with E-state index in [0.717, 1.165) is 41.2 Å². The van der Waals surface area contributed by atoms with E-state index in [1.165, 1.54) is 24.8 Å². The van der Waals surface area contributed by atoms with E-state index in [2.05, 4.69) is 66.8 Å². The molecule has 1 aliphatic rings. The summed E-state index contributed by atoms with van der Waals surface area (Å²) in [6.45, 7) is 2.99. The Hall–Kier alpha value is -1.88. The summed E-state index contributed by atoms with van der Waals surface area (Å²) in [5, 5.41) is 0. The monoisotopic (exact) mass is 370 g/mol. The summed E-state index contributed by atoms with van der Waals surface area (Å²) in [4.78, 5) is 11.7. The standard InChI is InChI=1S/C18H19BrN4/c19-15-11-16-17(20-12-15)21-18(22-9-5-2-6-10-22)23(16)13-14-7-3-1-4-8-14/h1,3-4,7-8,11-12H,2,5-6,9-10,13H2. The Bertz CT molecular complexity index is 807. The van der Waals surface area contributed by atoms with Crippen LogP contribution in [0, 0.1) is 0 Å². The summed E-state index contributed by atoms with van der Waals surface area (Å²) in [7, 11) is 0. The second-order valence-electron chi connectivity index (χ2n) is 6.03. The van der Waals surface area contributed by atoms with Crippen LogP contribution in [-0.4, -0.2) is 27.6 Å². The minimum atomic E-state index is 0.821. The van der Waals surface area contributed by atoms with Gasteiger partial charge < -0.3 is 9.47 Å². The Morgan fingerprint density at radius 1 is 1.04 bits per heavy atom. The van der Waals surface area contributed by atoms with Crippen molar-refractivity contribution < 1.29 is 0 Å². The number of imidazole rings is 1. The fraction of sp³-hybridized carbons (Fsp3) is 0.333. The van der Waals surface area contributed by atoms with E-state index in [9.17, 15) is 0 Å². The molecular formula is C18H19BrN4. The Balaban J connectivity index is 1.82. The van der Waals surface area contributed by atoms with Gasteiger partial charge in [0.05, 0.1) is 12.1 Å². The number of hydrogen-bond acceptors (Lipinski definition) is 3. The fourth-order valence-corrected chi connectivity index (χ4v) is 3.55. The average Bonchev–Trinajstić information content (AvgIpc) is 2.95. The van der Waals surface area contributed by atoms with Crippen molar-refractivity contribution >= 4 is 33.0 Å². The highest BCUT2D eigenvalue weighted by molar-refractivity contribution is 9.10. The minimum absolute atomic E-state index is 0.821. The third-order valence-corrected chi connectivity index (χ3v) is 4.81. The van der Waals surface area contributed by atoms with Crippen LogP contribution in [0.25, 0.3) is 11.2 Å². The summed E-state index contributed by atoms with van der Waals surface area (Å²) in [5.41, 5.74) is 3.19. The van der Waals surface area contributed by atoms with Gasteiger partial charge in [0.25, 0.3) is 0 Å². The molecule has 3 heterocycles. The van der Waals surface area contributed by atoms with Crippen LogP contribution in [0.5, 0.6) is 0 Å². The van der Waals surface area contributed by atoms with Crippen molar-refractivity contribution in [3.8, 4) is 0 Å². The maximum absolute atomic E-state index is 4.83. The van der Waals surface area contributed by atoms with Gasteiger partial charge in [0, 0.05) is 23.8 Å². The molecule has 23 heavy (non-hydrogen) atoms. The van der Waals surface area contributed by atoms with Crippen molar-refractivity contribution in [1.29, 1.82) is 0 Å². The quantitative estimate of drug-likeness (QED) is 0.691. The summed E-state index contributed by atoms with van der Waals surface area (Å²) in [6.07, 6.45) is 5.62. The summed E-state index contributed by atoms with van der Waals surface area (Å²) >= 11 is 3.54. The Labute approximate surface area is 144 Å². The van der Waals surface area contributed by atoms with E-state index in [4.69, 9.17) is 4.98 Å². The van der Waals surface area contributed by atoms with Gasteiger partial charge in [0.1, 0.15) is 0 Å². The minimum Gasteiger partial charge on any atom is -0.342 e. The first-order chi connectivity index (χ1) is 11.3. The number of nitrogens with zero attached hydrogens (tertiary/aromatic N) is 4. The first-order valence-electron chi connectivity index (χ1n) is 8.12. The zero-order valence-electron chi connectivity index (χ0n) is 13.0. The van der Waals surface area contributed by atoms with E-state index in [1.807, 2.05) is 6.20 Å². The number of hydrogen-bond donors (Lipinski definition) is 0. The number of aromatic nitrogens is 3. The van der Waals surface area contributed by atoms with Crippen LogP contribution >= 0.6 is 15.9 Å². The molecule has 1 aromatic carbocycles. The molecule has 0 radical (unpaired) electrons. The molecule has 2 aromatic heterocycles. The molecule has 0 N–H and O–H groups in total. The third kappa shape index (κ3) is 2.98. The predicted molar refractivity (Wildman–Crippen MR) is 96.8 cm³/mol. The van der Waals surface area contributed by atoms with Crippen LogP contribution in [0.3, 0.4) is 0 Å². The highest BCUT2D eigenvalue weighted by atomic mass is 79.9. The van der Waals surface area contributed by atoms with Crippen molar-refractivity contribution in [3.05, 3.63) is 52.6 Å². The van der Waals surface area contributed by atoms with Gasteiger partial charge in [-0.15, -0.1) is 0 Å². The van der Waals surface area contributed by atoms with E-state index in [0.29, 0.717) is 0 Å². The Kier molecular flexibility index (Phi) is 4.04. The van der Waals surface area contributed by atoms with Crippen LogP contribution < -0.4 is 4.90 Å². The second-order valence-corrected chi connectivity index (χ2v) is 6.94. The molecule has 118 valence electrons. The van der Waals surface area contributed by atoms with Gasteiger partial charge in [-0.05, 0) is 46.8 Å². The largest absolute Gasteiger partial charge is 0.342 e. The molecule has 1 aliphatic heterocycles. The smallest absolute Gasteiger partial charge is 0.208 e. The van der Waals surface area contributed by atoms with Crippen LogP contribution in [0.2, 0.25) is 0 Å². The average molecular weight is 371 g/mol. The van der Waals surface area contributed by atoms with Gasteiger partial charge >= 0.3 is 0 Å². The fourth-order valence-electron chi connectivity index (χ4n) is 3.23. The maximum Gasteiger partial charge on any atom is 0.208 e. The summed E-state index contributed by atoms with van der Waals surface area (Å²) in [6, 6.07) is 12.7. The van der Waals surface area contributed by atoms with Crippen molar-refractivity contribution in [2.24, 2.45) is 0 Å². The predicted octanol–water partition coefficient (Wildman–Crippen LogP) is 4.23. The number of piperidine rings is 1. The summed E-state index contributed by atoms with van der Waals surface area (Å²) in [5.74, 6) is 1.05. The van der Waals surface area contributed by atoms with Crippen molar-refractivity contribution in [2.75, 3.05) is 18.0 Å². The van der Waals surface area contributed by atoms with Crippen LogP contribution in [0.1, 0.15) is 24.8 Å². The molecule has 0 bridgehead atoms. The lowest BCUT2D eigenvalue weighted by Gasteiger charge is -2.28. The number of benzene rings is 1. The molecule has 0 saturated carbocycles.